The minimum atomic E-state index is -3.63. The summed E-state index contributed by atoms with van der Waals surface area (Å²) in [6, 6.07) is 6.44. The Labute approximate surface area is 142 Å². The summed E-state index contributed by atoms with van der Waals surface area (Å²) in [5.74, 6) is 2.00. The smallest absolute Gasteiger partial charge is 0.240 e. The molecule has 0 aliphatic heterocycles. The molecule has 1 aromatic heterocycles. The van der Waals surface area contributed by atoms with E-state index in [0.29, 0.717) is 17.1 Å². The van der Waals surface area contributed by atoms with Crippen LogP contribution in [0.5, 0.6) is 5.75 Å². The molecule has 1 unspecified atom stereocenters. The molecule has 0 bridgehead atoms. The van der Waals surface area contributed by atoms with E-state index in [2.05, 4.69) is 4.72 Å². The van der Waals surface area contributed by atoms with Crippen molar-refractivity contribution in [2.24, 2.45) is 0 Å². The molecule has 132 valence electrons. The molecular formula is C17H23NO5S. The van der Waals surface area contributed by atoms with Crippen LogP contribution in [0.4, 0.5) is 0 Å². The van der Waals surface area contributed by atoms with Crippen molar-refractivity contribution in [1.29, 1.82) is 0 Å². The van der Waals surface area contributed by atoms with Gasteiger partial charge in [0.1, 0.15) is 17.3 Å². The summed E-state index contributed by atoms with van der Waals surface area (Å²) in [6.07, 6.45) is -0.517. The van der Waals surface area contributed by atoms with Crippen molar-refractivity contribution in [3.63, 3.8) is 0 Å². The zero-order valence-electron chi connectivity index (χ0n) is 14.3. The van der Waals surface area contributed by atoms with E-state index in [9.17, 15) is 13.5 Å². The average Bonchev–Trinajstić information content (AvgIpc) is 2.85. The van der Waals surface area contributed by atoms with Gasteiger partial charge in [0.2, 0.25) is 10.0 Å². The van der Waals surface area contributed by atoms with Crippen LogP contribution in [0.25, 0.3) is 0 Å². The van der Waals surface area contributed by atoms with E-state index < -0.39 is 16.1 Å². The second-order valence-electron chi connectivity index (χ2n) is 5.70. The normalized spacial score (nSPS) is 13.0. The molecule has 2 aromatic rings. The maximum absolute atomic E-state index is 12.3. The topological polar surface area (TPSA) is 88.8 Å². The van der Waals surface area contributed by atoms with Crippen LogP contribution in [0, 0.1) is 20.8 Å². The first-order valence-electron chi connectivity index (χ1n) is 7.64. The minimum Gasteiger partial charge on any atom is -0.496 e. The number of rotatable bonds is 7. The molecule has 0 saturated carbocycles. The van der Waals surface area contributed by atoms with E-state index in [1.165, 1.54) is 13.2 Å². The number of sulfonamides is 1. The van der Waals surface area contributed by atoms with Crippen LogP contribution in [-0.4, -0.2) is 27.2 Å². The summed E-state index contributed by atoms with van der Waals surface area (Å²) in [4.78, 5) is 0.172. The Hall–Kier alpha value is -1.83. The largest absolute Gasteiger partial charge is 0.496 e. The Kier molecular flexibility index (Phi) is 5.69. The van der Waals surface area contributed by atoms with Gasteiger partial charge in [0.15, 0.2) is 0 Å². The highest BCUT2D eigenvalue weighted by atomic mass is 32.2. The van der Waals surface area contributed by atoms with Crippen molar-refractivity contribution in [3.05, 3.63) is 46.9 Å². The SMILES string of the molecule is COc1ccc(S(=O)(=O)NCCC(O)c2cc(C)oc2C)cc1C. The Morgan fingerprint density at radius 2 is 1.96 bits per heavy atom. The summed E-state index contributed by atoms with van der Waals surface area (Å²) in [6.45, 7) is 5.48. The molecule has 0 aliphatic rings. The van der Waals surface area contributed by atoms with Crippen molar-refractivity contribution < 1.29 is 22.7 Å². The molecule has 0 saturated heterocycles. The molecule has 1 atom stereocenters. The van der Waals surface area contributed by atoms with Crippen LogP contribution in [0.3, 0.4) is 0 Å². The van der Waals surface area contributed by atoms with Crippen molar-refractivity contribution >= 4 is 10.0 Å². The number of aliphatic hydroxyl groups excluding tert-OH is 1. The Morgan fingerprint density at radius 3 is 2.50 bits per heavy atom. The lowest BCUT2D eigenvalue weighted by Gasteiger charge is -2.12. The molecule has 1 aromatic carbocycles. The Morgan fingerprint density at radius 1 is 1.25 bits per heavy atom. The van der Waals surface area contributed by atoms with Gasteiger partial charge in [-0.25, -0.2) is 13.1 Å². The van der Waals surface area contributed by atoms with Crippen LogP contribution in [0.2, 0.25) is 0 Å². The molecule has 2 N–H and O–H groups in total. The first-order chi connectivity index (χ1) is 11.2. The minimum absolute atomic E-state index is 0.123. The van der Waals surface area contributed by atoms with E-state index >= 15 is 0 Å². The van der Waals surface area contributed by atoms with Gasteiger partial charge in [-0.1, -0.05) is 0 Å². The third-order valence-corrected chi connectivity index (χ3v) is 5.28. The van der Waals surface area contributed by atoms with Gasteiger partial charge in [-0.3, -0.25) is 0 Å². The summed E-state index contributed by atoms with van der Waals surface area (Å²) >= 11 is 0. The van der Waals surface area contributed by atoms with Gasteiger partial charge in [-0.05, 0) is 57.0 Å². The van der Waals surface area contributed by atoms with Gasteiger partial charge in [0, 0.05) is 12.1 Å². The first kappa shape index (κ1) is 18.5. The molecule has 24 heavy (non-hydrogen) atoms. The zero-order chi connectivity index (χ0) is 17.9. The third-order valence-electron chi connectivity index (χ3n) is 3.82. The van der Waals surface area contributed by atoms with E-state index in [1.807, 2.05) is 0 Å². The molecule has 0 fully saturated rings. The van der Waals surface area contributed by atoms with Gasteiger partial charge in [0.25, 0.3) is 0 Å². The van der Waals surface area contributed by atoms with Crippen molar-refractivity contribution in [2.45, 2.75) is 38.2 Å². The maximum Gasteiger partial charge on any atom is 0.240 e. The molecule has 0 aliphatic carbocycles. The number of hydrogen-bond donors (Lipinski definition) is 2. The lowest BCUT2D eigenvalue weighted by atomic mass is 10.1. The van der Waals surface area contributed by atoms with E-state index in [-0.39, 0.29) is 17.9 Å². The number of hydrogen-bond acceptors (Lipinski definition) is 5. The fourth-order valence-electron chi connectivity index (χ4n) is 2.57. The standard InChI is InChI=1S/C17H23NO5S/c1-11-9-14(5-6-17(11)22-4)24(20,21)18-8-7-16(19)15-10-12(2)23-13(15)3/h5-6,9-10,16,18-19H,7-8H2,1-4H3. The summed E-state index contributed by atoms with van der Waals surface area (Å²) in [5.41, 5.74) is 1.43. The highest BCUT2D eigenvalue weighted by Gasteiger charge is 2.18. The lowest BCUT2D eigenvalue weighted by Crippen LogP contribution is -2.26. The predicted molar refractivity (Wildman–Crippen MR) is 90.7 cm³/mol. The summed E-state index contributed by atoms with van der Waals surface area (Å²) < 4.78 is 37.7. The molecule has 0 spiro atoms. The number of nitrogens with one attached hydrogen (secondary N) is 1. The molecule has 2 rings (SSSR count). The summed E-state index contributed by atoms with van der Waals surface area (Å²) in [7, 11) is -2.09. The van der Waals surface area contributed by atoms with Gasteiger partial charge < -0.3 is 14.3 Å². The first-order valence-corrected chi connectivity index (χ1v) is 9.12. The van der Waals surface area contributed by atoms with Gasteiger partial charge in [0.05, 0.1) is 18.1 Å². The van der Waals surface area contributed by atoms with Crippen molar-refractivity contribution in [2.75, 3.05) is 13.7 Å². The maximum atomic E-state index is 12.3. The van der Waals surface area contributed by atoms with Gasteiger partial charge in [-0.2, -0.15) is 0 Å². The summed E-state index contributed by atoms with van der Waals surface area (Å²) in [5, 5.41) is 10.2. The number of ether oxygens (including phenoxy) is 1. The Balaban J connectivity index is 2.00. The van der Waals surface area contributed by atoms with E-state index in [1.54, 1.807) is 39.0 Å². The highest BCUT2D eigenvalue weighted by Crippen LogP contribution is 2.24. The Bertz CT molecular complexity index is 810. The zero-order valence-corrected chi connectivity index (χ0v) is 15.1. The van der Waals surface area contributed by atoms with Crippen LogP contribution in [0.15, 0.2) is 33.6 Å². The van der Waals surface area contributed by atoms with Crippen LogP contribution in [0.1, 0.15) is 35.2 Å². The molecule has 1 heterocycles. The fraction of sp³-hybridized carbons (Fsp3) is 0.412. The third kappa shape index (κ3) is 4.17. The van der Waals surface area contributed by atoms with Crippen molar-refractivity contribution in [3.8, 4) is 5.75 Å². The second-order valence-corrected chi connectivity index (χ2v) is 7.47. The number of aryl methyl sites for hydroxylation is 3. The highest BCUT2D eigenvalue weighted by molar-refractivity contribution is 7.89. The van der Waals surface area contributed by atoms with Gasteiger partial charge >= 0.3 is 0 Å². The van der Waals surface area contributed by atoms with Crippen LogP contribution in [-0.2, 0) is 10.0 Å². The molecule has 0 radical (unpaired) electrons. The monoisotopic (exact) mass is 353 g/mol. The van der Waals surface area contributed by atoms with E-state index in [4.69, 9.17) is 9.15 Å². The second kappa shape index (κ2) is 7.38. The molecular weight excluding hydrogens is 330 g/mol. The molecule has 7 heteroatoms. The molecule has 6 nitrogen and oxygen atoms in total. The quantitative estimate of drug-likeness (QED) is 0.799. The number of benzene rings is 1. The van der Waals surface area contributed by atoms with Crippen molar-refractivity contribution in [1.82, 2.24) is 4.72 Å². The fourth-order valence-corrected chi connectivity index (χ4v) is 3.70. The number of aliphatic hydroxyl groups is 1. The van der Waals surface area contributed by atoms with Crippen LogP contribution >= 0.6 is 0 Å². The van der Waals surface area contributed by atoms with Gasteiger partial charge in [-0.15, -0.1) is 0 Å². The number of methoxy groups -OCH3 is 1. The number of furan rings is 1. The average molecular weight is 353 g/mol. The lowest BCUT2D eigenvalue weighted by molar-refractivity contribution is 0.167. The predicted octanol–water partition coefficient (Wildman–Crippen LogP) is 2.62. The van der Waals surface area contributed by atoms with E-state index in [0.717, 1.165) is 11.3 Å². The molecule has 0 amide bonds. The van der Waals surface area contributed by atoms with Crippen LogP contribution < -0.4 is 9.46 Å².